The molecular formula is C77H47N5O. The number of nitriles is 1. The zero-order valence-corrected chi connectivity index (χ0v) is 44.8. The summed E-state index contributed by atoms with van der Waals surface area (Å²) in [5, 5.41) is 18.1. The first-order valence-corrected chi connectivity index (χ1v) is 27.9. The first kappa shape index (κ1) is 47.6. The minimum atomic E-state index is 0.479. The van der Waals surface area contributed by atoms with Crippen molar-refractivity contribution in [2.24, 2.45) is 0 Å². The molecule has 0 radical (unpaired) electrons. The lowest BCUT2D eigenvalue weighted by Crippen LogP contribution is -2.06. The Morgan fingerprint density at radius 2 is 0.699 bits per heavy atom. The van der Waals surface area contributed by atoms with Crippen molar-refractivity contribution in [1.29, 1.82) is 5.26 Å². The van der Waals surface area contributed by atoms with Crippen LogP contribution in [0.25, 0.3) is 155 Å². The quantitative estimate of drug-likeness (QED) is 0.144. The van der Waals surface area contributed by atoms with E-state index in [4.69, 9.17) is 14.4 Å². The molecule has 0 bridgehead atoms. The van der Waals surface area contributed by atoms with Gasteiger partial charge < -0.3 is 13.6 Å². The smallest absolute Gasteiger partial charge is 0.164 e. The van der Waals surface area contributed by atoms with Crippen molar-refractivity contribution in [2.75, 3.05) is 0 Å². The summed E-state index contributed by atoms with van der Waals surface area (Å²) in [4.78, 5) is 10.6. The van der Waals surface area contributed by atoms with E-state index in [1.807, 2.05) is 54.6 Å². The number of hydrogen-bond acceptors (Lipinski definition) is 4. The fraction of sp³-hybridized carbons (Fsp3) is 0. The molecule has 0 amide bonds. The standard InChI is InChI=1S/C77H47N5O/c78-48-65-74-59-32-19-33-60(77-79-66(53-28-15-5-16-29-53)46-67(80-77)54-30-17-6-18-31-54)76(59)83-73(74)47-72(81-68-38-34-55(49-20-7-1-8-21-49)42-61(68)62-43-56(35-39-69(62)81)50-22-9-2-10-23-50)75(65)82-70-40-36-57(51-24-11-3-12-25-51)44-63(70)64-45-58(37-41-71(64)82)52-26-13-4-14-27-52/h1-47H. The van der Waals surface area contributed by atoms with Crippen LogP contribution in [0.3, 0.4) is 0 Å². The lowest BCUT2D eigenvalue weighted by Gasteiger charge is -2.19. The fourth-order valence-electron chi connectivity index (χ4n) is 12.5. The largest absolute Gasteiger partial charge is 0.455 e. The highest BCUT2D eigenvalue weighted by Gasteiger charge is 2.29. The van der Waals surface area contributed by atoms with Crippen LogP contribution >= 0.6 is 0 Å². The van der Waals surface area contributed by atoms with Crippen LogP contribution in [0.4, 0.5) is 0 Å². The molecule has 386 valence electrons. The summed E-state index contributed by atoms with van der Waals surface area (Å²) in [6, 6.07) is 103. The molecule has 83 heavy (non-hydrogen) atoms. The van der Waals surface area contributed by atoms with Crippen LogP contribution in [-0.4, -0.2) is 19.1 Å². The van der Waals surface area contributed by atoms with E-state index >= 15 is 0 Å². The van der Waals surface area contributed by atoms with Gasteiger partial charge in [-0.15, -0.1) is 0 Å². The number of para-hydroxylation sites is 1. The zero-order chi connectivity index (χ0) is 55.0. The van der Waals surface area contributed by atoms with E-state index in [-0.39, 0.29) is 0 Å². The highest BCUT2D eigenvalue weighted by molar-refractivity contribution is 6.18. The van der Waals surface area contributed by atoms with Crippen molar-refractivity contribution in [1.82, 2.24) is 19.1 Å². The van der Waals surface area contributed by atoms with Crippen LogP contribution in [0.1, 0.15) is 5.56 Å². The van der Waals surface area contributed by atoms with Crippen molar-refractivity contribution < 1.29 is 4.42 Å². The van der Waals surface area contributed by atoms with Gasteiger partial charge in [-0.1, -0.05) is 218 Å². The molecule has 0 unspecified atom stereocenters. The van der Waals surface area contributed by atoms with Crippen molar-refractivity contribution in [2.45, 2.75) is 0 Å². The Bertz CT molecular complexity index is 4980. The molecule has 6 heteroatoms. The summed E-state index contributed by atoms with van der Waals surface area (Å²) < 4.78 is 12.0. The molecule has 0 N–H and O–H groups in total. The van der Waals surface area contributed by atoms with E-state index in [2.05, 4.69) is 246 Å². The van der Waals surface area contributed by atoms with Crippen LogP contribution in [-0.2, 0) is 0 Å². The topological polar surface area (TPSA) is 72.6 Å². The summed E-state index contributed by atoms with van der Waals surface area (Å²) in [6.07, 6.45) is 0. The van der Waals surface area contributed by atoms with Crippen LogP contribution < -0.4 is 0 Å². The van der Waals surface area contributed by atoms with Gasteiger partial charge in [0, 0.05) is 49.5 Å². The molecule has 0 atom stereocenters. The second-order valence-corrected chi connectivity index (χ2v) is 21.1. The molecule has 0 saturated carbocycles. The van der Waals surface area contributed by atoms with E-state index in [0.717, 1.165) is 133 Å². The zero-order valence-electron chi connectivity index (χ0n) is 44.8. The average Bonchev–Trinajstić information content (AvgIpc) is 2.79. The second kappa shape index (κ2) is 19.5. The molecule has 0 aliphatic rings. The SMILES string of the molecule is N#Cc1c(-n2c3ccc(-c4ccccc4)cc3c3cc(-c4ccccc4)ccc32)c(-n2c3ccc(-c4ccccc4)cc3c3cc(-c4ccccc4)ccc32)cc2oc3c(-c4nc(-c5ccccc5)cc(-c5ccccc5)n4)cccc3c12. The van der Waals surface area contributed by atoms with Gasteiger partial charge in [0.1, 0.15) is 17.2 Å². The van der Waals surface area contributed by atoms with Crippen LogP contribution in [0, 0.1) is 11.3 Å². The molecule has 0 spiro atoms. The average molecular weight is 1060 g/mol. The number of hydrogen-bond donors (Lipinski definition) is 0. The van der Waals surface area contributed by atoms with Gasteiger partial charge in [-0.2, -0.15) is 5.26 Å². The van der Waals surface area contributed by atoms with Gasteiger partial charge in [0.2, 0.25) is 0 Å². The van der Waals surface area contributed by atoms with Crippen LogP contribution in [0.5, 0.6) is 0 Å². The van der Waals surface area contributed by atoms with Crippen LogP contribution in [0.2, 0.25) is 0 Å². The highest BCUT2D eigenvalue weighted by Crippen LogP contribution is 2.47. The van der Waals surface area contributed by atoms with Gasteiger partial charge in [0.15, 0.2) is 5.82 Å². The number of benzene rings is 12. The van der Waals surface area contributed by atoms with E-state index in [1.54, 1.807) is 0 Å². The van der Waals surface area contributed by atoms with Gasteiger partial charge in [0.05, 0.1) is 56.0 Å². The molecule has 0 aliphatic carbocycles. The maximum absolute atomic E-state index is 12.3. The van der Waals surface area contributed by atoms with E-state index in [9.17, 15) is 5.26 Å². The van der Waals surface area contributed by atoms with Gasteiger partial charge in [-0.05, 0) is 105 Å². The number of rotatable bonds is 9. The minimum absolute atomic E-state index is 0.479. The molecule has 4 aromatic heterocycles. The van der Waals surface area contributed by atoms with Gasteiger partial charge in [-0.3, -0.25) is 0 Å². The third-order valence-electron chi connectivity index (χ3n) is 16.4. The van der Waals surface area contributed by atoms with Gasteiger partial charge >= 0.3 is 0 Å². The Kier molecular flexibility index (Phi) is 11.2. The summed E-state index contributed by atoms with van der Waals surface area (Å²) in [5.41, 5.74) is 20.3. The van der Waals surface area contributed by atoms with Crippen molar-refractivity contribution in [3.63, 3.8) is 0 Å². The highest BCUT2D eigenvalue weighted by atomic mass is 16.3. The summed E-state index contributed by atoms with van der Waals surface area (Å²) >= 11 is 0. The maximum Gasteiger partial charge on any atom is 0.164 e. The van der Waals surface area contributed by atoms with Gasteiger partial charge in [0.25, 0.3) is 0 Å². The molecule has 6 nitrogen and oxygen atoms in total. The van der Waals surface area contributed by atoms with Gasteiger partial charge in [-0.25, -0.2) is 9.97 Å². The summed E-state index contributed by atoms with van der Waals surface area (Å²) in [7, 11) is 0. The first-order chi connectivity index (χ1) is 41.1. The predicted octanol–water partition coefficient (Wildman–Crippen LogP) is 20.1. The third kappa shape index (κ3) is 7.94. The molecule has 0 fully saturated rings. The Balaban J connectivity index is 1.04. The predicted molar refractivity (Wildman–Crippen MR) is 341 cm³/mol. The van der Waals surface area contributed by atoms with Crippen LogP contribution in [0.15, 0.2) is 290 Å². The lowest BCUT2D eigenvalue weighted by molar-refractivity contribution is 0.669. The second-order valence-electron chi connectivity index (χ2n) is 21.1. The monoisotopic (exact) mass is 1060 g/mol. The number of aromatic nitrogens is 4. The third-order valence-corrected chi connectivity index (χ3v) is 16.4. The van der Waals surface area contributed by atoms with E-state index < -0.39 is 0 Å². The van der Waals surface area contributed by atoms with Crippen molar-refractivity contribution in [3.05, 3.63) is 291 Å². The van der Waals surface area contributed by atoms with E-state index in [0.29, 0.717) is 27.9 Å². The Morgan fingerprint density at radius 1 is 0.325 bits per heavy atom. The Morgan fingerprint density at radius 3 is 1.08 bits per heavy atom. The number of fused-ring (bicyclic) bond motifs is 9. The summed E-state index contributed by atoms with van der Waals surface area (Å²) in [5.74, 6) is 0.519. The van der Waals surface area contributed by atoms with Crippen molar-refractivity contribution >= 4 is 65.6 Å². The number of nitrogens with zero attached hydrogens (tertiary/aromatic N) is 5. The van der Waals surface area contributed by atoms with E-state index in [1.165, 1.54) is 0 Å². The molecule has 12 aromatic carbocycles. The minimum Gasteiger partial charge on any atom is -0.455 e. The molecule has 0 saturated heterocycles. The van der Waals surface area contributed by atoms with Crippen molar-refractivity contribution in [3.8, 4) is 95.9 Å². The summed E-state index contributed by atoms with van der Waals surface area (Å²) in [6.45, 7) is 0. The molecule has 16 rings (SSSR count). The molecule has 0 aliphatic heterocycles. The maximum atomic E-state index is 12.3. The lowest BCUT2D eigenvalue weighted by atomic mass is 10.0. The molecule has 16 aromatic rings. The Labute approximate surface area is 478 Å². The molecule has 4 heterocycles. The Hall–Kier alpha value is -11.4. The number of furan rings is 1. The fourth-order valence-corrected chi connectivity index (χ4v) is 12.5. The normalized spacial score (nSPS) is 11.6. The molecular weight excluding hydrogens is 1010 g/mol. The first-order valence-electron chi connectivity index (χ1n) is 27.9.